The molecule has 7 nitrogen and oxygen atoms in total. The molecule has 1 atom stereocenters. The van der Waals surface area contributed by atoms with Crippen LogP contribution in [-0.2, 0) is 4.79 Å². The van der Waals surface area contributed by atoms with Crippen LogP contribution in [-0.4, -0.2) is 24.5 Å². The molecule has 1 aromatic rings. The Kier molecular flexibility index (Phi) is 4.61. The highest BCUT2D eigenvalue weighted by Crippen LogP contribution is 2.29. The number of nitro benzene ring substituents is 1. The lowest BCUT2D eigenvalue weighted by Gasteiger charge is -2.10. The first-order chi connectivity index (χ1) is 8.49. The average Bonchev–Trinajstić information content (AvgIpc) is 2.37. The van der Waals surface area contributed by atoms with E-state index in [1.165, 1.54) is 25.3 Å². The zero-order valence-electron chi connectivity index (χ0n) is 10.2. The Balaban J connectivity index is 2.95. The van der Waals surface area contributed by atoms with Crippen molar-refractivity contribution in [1.82, 2.24) is 0 Å². The molecule has 7 heteroatoms. The molecule has 1 rings (SSSR count). The number of nitro groups is 1. The minimum absolute atomic E-state index is 0.143. The van der Waals surface area contributed by atoms with Gasteiger partial charge in [0.05, 0.1) is 12.0 Å². The SMILES string of the molecule is COc1ccc(NC(=O)C(C)CN)cc1[N+](=O)[O-]. The third-order valence-electron chi connectivity index (χ3n) is 2.44. The molecule has 0 aliphatic heterocycles. The molecule has 0 heterocycles. The summed E-state index contributed by atoms with van der Waals surface area (Å²) < 4.78 is 4.86. The van der Waals surface area contributed by atoms with E-state index in [1.54, 1.807) is 6.92 Å². The number of amides is 1. The van der Waals surface area contributed by atoms with Gasteiger partial charge in [0.1, 0.15) is 0 Å². The topological polar surface area (TPSA) is 107 Å². The number of carbonyl (C=O) groups excluding carboxylic acids is 1. The summed E-state index contributed by atoms with van der Waals surface area (Å²) in [5.41, 5.74) is 5.50. The fourth-order valence-corrected chi connectivity index (χ4v) is 1.28. The number of nitrogens with two attached hydrogens (primary N) is 1. The standard InChI is InChI=1S/C11H15N3O4/c1-7(6-12)11(15)13-8-3-4-10(18-2)9(5-8)14(16)17/h3-5,7H,6,12H2,1-2H3,(H,13,15). The van der Waals surface area contributed by atoms with Crippen LogP contribution in [0.5, 0.6) is 5.75 Å². The Morgan fingerprint density at radius 2 is 2.28 bits per heavy atom. The lowest BCUT2D eigenvalue weighted by molar-refractivity contribution is -0.385. The quantitative estimate of drug-likeness (QED) is 0.604. The monoisotopic (exact) mass is 253 g/mol. The summed E-state index contributed by atoms with van der Waals surface area (Å²) in [7, 11) is 1.34. The molecule has 3 N–H and O–H groups in total. The molecule has 1 amide bonds. The van der Waals surface area contributed by atoms with Crippen LogP contribution >= 0.6 is 0 Å². The molecule has 1 aromatic carbocycles. The van der Waals surface area contributed by atoms with Crippen LogP contribution in [0.1, 0.15) is 6.92 Å². The van der Waals surface area contributed by atoms with E-state index in [1.807, 2.05) is 0 Å². The van der Waals surface area contributed by atoms with Crippen LogP contribution in [0.4, 0.5) is 11.4 Å². The van der Waals surface area contributed by atoms with Crippen LogP contribution in [0.25, 0.3) is 0 Å². The molecule has 18 heavy (non-hydrogen) atoms. The van der Waals surface area contributed by atoms with E-state index in [0.29, 0.717) is 5.69 Å². The van der Waals surface area contributed by atoms with Crippen LogP contribution in [0, 0.1) is 16.0 Å². The summed E-state index contributed by atoms with van der Waals surface area (Å²) in [6.07, 6.45) is 0. The van der Waals surface area contributed by atoms with Gasteiger partial charge in [0, 0.05) is 24.2 Å². The lowest BCUT2D eigenvalue weighted by Crippen LogP contribution is -2.26. The van der Waals surface area contributed by atoms with Gasteiger partial charge in [-0.15, -0.1) is 0 Å². The van der Waals surface area contributed by atoms with Gasteiger partial charge in [-0.05, 0) is 12.1 Å². The maximum absolute atomic E-state index is 11.6. The zero-order chi connectivity index (χ0) is 13.7. The van der Waals surface area contributed by atoms with Gasteiger partial charge >= 0.3 is 5.69 Å². The molecule has 0 aromatic heterocycles. The van der Waals surface area contributed by atoms with Crippen LogP contribution in [0.3, 0.4) is 0 Å². The predicted molar refractivity (Wildman–Crippen MR) is 66.5 cm³/mol. The molecular weight excluding hydrogens is 238 g/mol. The van der Waals surface area contributed by atoms with E-state index >= 15 is 0 Å². The second-order valence-electron chi connectivity index (χ2n) is 3.77. The van der Waals surface area contributed by atoms with Crippen molar-refractivity contribution >= 4 is 17.3 Å². The number of anilines is 1. The number of benzene rings is 1. The maximum Gasteiger partial charge on any atom is 0.312 e. The molecule has 0 saturated heterocycles. The normalized spacial score (nSPS) is 11.7. The van der Waals surface area contributed by atoms with Crippen molar-refractivity contribution in [1.29, 1.82) is 0 Å². The van der Waals surface area contributed by atoms with E-state index in [2.05, 4.69) is 5.32 Å². The predicted octanol–water partition coefficient (Wildman–Crippen LogP) is 1.14. The van der Waals surface area contributed by atoms with E-state index in [9.17, 15) is 14.9 Å². The molecule has 98 valence electrons. The van der Waals surface area contributed by atoms with Gasteiger partial charge in [-0.1, -0.05) is 6.92 Å². The molecule has 0 aliphatic carbocycles. The van der Waals surface area contributed by atoms with Gasteiger partial charge in [-0.2, -0.15) is 0 Å². The van der Waals surface area contributed by atoms with Crippen LogP contribution < -0.4 is 15.8 Å². The molecular formula is C11H15N3O4. The van der Waals surface area contributed by atoms with Crippen molar-refractivity contribution in [2.24, 2.45) is 11.7 Å². The Hall–Kier alpha value is -2.15. The van der Waals surface area contributed by atoms with Gasteiger partial charge in [0.25, 0.3) is 0 Å². The van der Waals surface area contributed by atoms with Gasteiger partial charge < -0.3 is 15.8 Å². The van der Waals surface area contributed by atoms with Crippen molar-refractivity contribution in [2.45, 2.75) is 6.92 Å². The van der Waals surface area contributed by atoms with Crippen molar-refractivity contribution in [3.05, 3.63) is 28.3 Å². The summed E-state index contributed by atoms with van der Waals surface area (Å²) in [6, 6.07) is 4.22. The summed E-state index contributed by atoms with van der Waals surface area (Å²) in [5, 5.41) is 13.4. The van der Waals surface area contributed by atoms with E-state index < -0.39 is 4.92 Å². The first kappa shape index (κ1) is 13.9. The molecule has 0 bridgehead atoms. The number of hydrogen-bond donors (Lipinski definition) is 2. The van der Waals surface area contributed by atoms with Gasteiger partial charge in [-0.3, -0.25) is 14.9 Å². The smallest absolute Gasteiger partial charge is 0.312 e. The minimum atomic E-state index is -0.569. The van der Waals surface area contributed by atoms with E-state index in [4.69, 9.17) is 10.5 Å². The Bertz CT molecular complexity index is 462. The van der Waals surface area contributed by atoms with Crippen LogP contribution in [0.2, 0.25) is 0 Å². The van der Waals surface area contributed by atoms with Crippen molar-refractivity contribution < 1.29 is 14.5 Å². The first-order valence-electron chi connectivity index (χ1n) is 5.33. The molecule has 1 unspecified atom stereocenters. The number of ether oxygens (including phenoxy) is 1. The third-order valence-corrected chi connectivity index (χ3v) is 2.44. The zero-order valence-corrected chi connectivity index (χ0v) is 10.2. The number of methoxy groups -OCH3 is 1. The summed E-state index contributed by atoms with van der Waals surface area (Å²) in [5.74, 6) is -0.493. The highest BCUT2D eigenvalue weighted by molar-refractivity contribution is 5.92. The second-order valence-corrected chi connectivity index (χ2v) is 3.77. The summed E-state index contributed by atoms with van der Waals surface area (Å²) in [6.45, 7) is 1.89. The van der Waals surface area contributed by atoms with Gasteiger partial charge in [-0.25, -0.2) is 0 Å². The Morgan fingerprint density at radius 1 is 1.61 bits per heavy atom. The van der Waals surface area contributed by atoms with Crippen molar-refractivity contribution in [3.8, 4) is 5.75 Å². The maximum atomic E-state index is 11.6. The molecule has 0 spiro atoms. The van der Waals surface area contributed by atoms with E-state index in [-0.39, 0.29) is 29.8 Å². The van der Waals surface area contributed by atoms with Crippen molar-refractivity contribution in [3.63, 3.8) is 0 Å². The largest absolute Gasteiger partial charge is 0.490 e. The molecule has 0 saturated carbocycles. The third kappa shape index (κ3) is 3.17. The number of nitrogens with zero attached hydrogens (tertiary/aromatic N) is 1. The number of nitrogens with one attached hydrogen (secondary N) is 1. The average molecular weight is 253 g/mol. The number of hydrogen-bond acceptors (Lipinski definition) is 5. The van der Waals surface area contributed by atoms with Crippen LogP contribution in [0.15, 0.2) is 18.2 Å². The van der Waals surface area contributed by atoms with Gasteiger partial charge in [0.2, 0.25) is 5.91 Å². The van der Waals surface area contributed by atoms with Gasteiger partial charge in [0.15, 0.2) is 5.75 Å². The summed E-state index contributed by atoms with van der Waals surface area (Å²) in [4.78, 5) is 21.8. The highest BCUT2D eigenvalue weighted by atomic mass is 16.6. The fourth-order valence-electron chi connectivity index (χ4n) is 1.28. The second kappa shape index (κ2) is 5.97. The Labute approximate surface area is 104 Å². The highest BCUT2D eigenvalue weighted by Gasteiger charge is 2.17. The number of rotatable bonds is 5. The Morgan fingerprint density at radius 3 is 2.78 bits per heavy atom. The molecule has 0 radical (unpaired) electrons. The van der Waals surface area contributed by atoms with Crippen molar-refractivity contribution in [2.75, 3.05) is 19.0 Å². The first-order valence-corrected chi connectivity index (χ1v) is 5.33. The summed E-state index contributed by atoms with van der Waals surface area (Å²) >= 11 is 0. The van der Waals surface area contributed by atoms with E-state index in [0.717, 1.165) is 0 Å². The molecule has 0 aliphatic rings. The lowest BCUT2D eigenvalue weighted by atomic mass is 10.1. The minimum Gasteiger partial charge on any atom is -0.490 e. The number of carbonyl (C=O) groups is 1. The molecule has 0 fully saturated rings. The fraction of sp³-hybridized carbons (Fsp3) is 0.364.